The Morgan fingerprint density at radius 1 is 1.19 bits per heavy atom. The van der Waals surface area contributed by atoms with Crippen molar-refractivity contribution in [3.8, 4) is 11.5 Å². The third-order valence-corrected chi connectivity index (χ3v) is 4.34. The molecule has 2 atom stereocenters. The summed E-state index contributed by atoms with van der Waals surface area (Å²) in [6.07, 6.45) is 3.82. The van der Waals surface area contributed by atoms with E-state index in [2.05, 4.69) is 11.9 Å². The number of benzene rings is 1. The number of likely N-dealkylation sites (N-methyl/N-ethyl adjacent to an activating group) is 1. The molecule has 118 valence electrons. The highest BCUT2D eigenvalue weighted by atomic mass is 16.5. The lowest BCUT2D eigenvalue weighted by Crippen LogP contribution is -2.39. The summed E-state index contributed by atoms with van der Waals surface area (Å²) in [5, 5.41) is 0. The van der Waals surface area contributed by atoms with Crippen molar-refractivity contribution in [1.29, 1.82) is 0 Å². The molecular formula is C17H28N2O2. The normalized spacial score (nSPS) is 21.7. The van der Waals surface area contributed by atoms with Gasteiger partial charge in [0.25, 0.3) is 0 Å². The van der Waals surface area contributed by atoms with Gasteiger partial charge in [-0.3, -0.25) is 4.90 Å². The highest BCUT2D eigenvalue weighted by Crippen LogP contribution is 2.29. The molecule has 1 fully saturated rings. The molecule has 4 nitrogen and oxygen atoms in total. The SMILES string of the molecule is CCOc1ccccc1OCCN(C)C1CCCC1CN. The Morgan fingerprint density at radius 2 is 1.90 bits per heavy atom. The molecule has 0 aromatic heterocycles. The van der Waals surface area contributed by atoms with Gasteiger partial charge >= 0.3 is 0 Å². The number of para-hydroxylation sites is 2. The molecule has 0 saturated heterocycles. The molecule has 21 heavy (non-hydrogen) atoms. The average Bonchev–Trinajstić information content (AvgIpc) is 2.98. The van der Waals surface area contributed by atoms with E-state index in [0.717, 1.165) is 24.6 Å². The molecule has 1 aliphatic carbocycles. The van der Waals surface area contributed by atoms with E-state index in [1.807, 2.05) is 31.2 Å². The zero-order valence-electron chi connectivity index (χ0n) is 13.3. The van der Waals surface area contributed by atoms with Crippen molar-refractivity contribution in [2.24, 2.45) is 11.7 Å². The Hall–Kier alpha value is -1.26. The summed E-state index contributed by atoms with van der Waals surface area (Å²) < 4.78 is 11.5. The van der Waals surface area contributed by atoms with Gasteiger partial charge in [0.15, 0.2) is 11.5 Å². The summed E-state index contributed by atoms with van der Waals surface area (Å²) in [6, 6.07) is 8.46. The molecule has 1 saturated carbocycles. The summed E-state index contributed by atoms with van der Waals surface area (Å²) in [5.74, 6) is 2.30. The highest BCUT2D eigenvalue weighted by molar-refractivity contribution is 5.39. The Morgan fingerprint density at radius 3 is 2.57 bits per heavy atom. The molecule has 0 heterocycles. The Balaban J connectivity index is 1.81. The first-order valence-electron chi connectivity index (χ1n) is 8.01. The molecule has 2 unspecified atom stereocenters. The van der Waals surface area contributed by atoms with Crippen LogP contribution in [0.4, 0.5) is 0 Å². The molecule has 0 spiro atoms. The molecule has 0 radical (unpaired) electrons. The van der Waals surface area contributed by atoms with Crippen LogP contribution < -0.4 is 15.2 Å². The van der Waals surface area contributed by atoms with Crippen LogP contribution in [-0.2, 0) is 0 Å². The maximum Gasteiger partial charge on any atom is 0.161 e. The molecule has 0 aliphatic heterocycles. The van der Waals surface area contributed by atoms with Crippen molar-refractivity contribution < 1.29 is 9.47 Å². The molecule has 1 aromatic carbocycles. The lowest BCUT2D eigenvalue weighted by Gasteiger charge is -2.29. The van der Waals surface area contributed by atoms with E-state index in [-0.39, 0.29) is 0 Å². The van der Waals surface area contributed by atoms with Gasteiger partial charge in [-0.05, 0) is 51.4 Å². The Bertz CT molecular complexity index is 425. The fourth-order valence-electron chi connectivity index (χ4n) is 3.18. The van der Waals surface area contributed by atoms with Gasteiger partial charge in [-0.25, -0.2) is 0 Å². The van der Waals surface area contributed by atoms with Crippen molar-refractivity contribution in [3.63, 3.8) is 0 Å². The first kappa shape index (κ1) is 16.1. The van der Waals surface area contributed by atoms with E-state index >= 15 is 0 Å². The predicted molar refractivity (Wildman–Crippen MR) is 85.9 cm³/mol. The van der Waals surface area contributed by atoms with E-state index in [1.54, 1.807) is 0 Å². The van der Waals surface area contributed by atoms with Gasteiger partial charge in [0, 0.05) is 12.6 Å². The molecule has 0 amide bonds. The second-order valence-electron chi connectivity index (χ2n) is 5.70. The van der Waals surface area contributed by atoms with E-state index in [0.29, 0.717) is 25.2 Å². The fourth-order valence-corrected chi connectivity index (χ4v) is 3.18. The van der Waals surface area contributed by atoms with E-state index in [9.17, 15) is 0 Å². The second kappa shape index (κ2) is 8.25. The third-order valence-electron chi connectivity index (χ3n) is 4.34. The molecule has 2 N–H and O–H groups in total. The van der Waals surface area contributed by atoms with Crippen molar-refractivity contribution in [3.05, 3.63) is 24.3 Å². The molecule has 0 bridgehead atoms. The van der Waals surface area contributed by atoms with Crippen molar-refractivity contribution >= 4 is 0 Å². The minimum Gasteiger partial charge on any atom is -0.490 e. The maximum absolute atomic E-state index is 5.89. The van der Waals surface area contributed by atoms with E-state index in [4.69, 9.17) is 15.2 Å². The van der Waals surface area contributed by atoms with Gasteiger partial charge in [-0.2, -0.15) is 0 Å². The lowest BCUT2D eigenvalue weighted by atomic mass is 10.0. The van der Waals surface area contributed by atoms with Crippen LogP contribution in [0.5, 0.6) is 11.5 Å². The highest BCUT2D eigenvalue weighted by Gasteiger charge is 2.28. The van der Waals surface area contributed by atoms with Crippen molar-refractivity contribution in [1.82, 2.24) is 4.90 Å². The average molecular weight is 292 g/mol. The van der Waals surface area contributed by atoms with Crippen LogP contribution >= 0.6 is 0 Å². The summed E-state index contributed by atoms with van der Waals surface area (Å²) in [5.41, 5.74) is 5.86. The zero-order valence-corrected chi connectivity index (χ0v) is 13.3. The number of hydrogen-bond acceptors (Lipinski definition) is 4. The smallest absolute Gasteiger partial charge is 0.161 e. The molecule has 1 aliphatic rings. The predicted octanol–water partition coefficient (Wildman–Crippen LogP) is 2.52. The van der Waals surface area contributed by atoms with Gasteiger partial charge in [-0.15, -0.1) is 0 Å². The van der Waals surface area contributed by atoms with Crippen LogP contribution in [0, 0.1) is 5.92 Å². The molecule has 4 heteroatoms. The first-order chi connectivity index (χ1) is 10.3. The van der Waals surface area contributed by atoms with Gasteiger partial charge in [0.2, 0.25) is 0 Å². The summed E-state index contributed by atoms with van der Waals surface area (Å²) in [4.78, 5) is 2.40. The Labute approximate surface area is 128 Å². The largest absolute Gasteiger partial charge is 0.490 e. The van der Waals surface area contributed by atoms with Crippen LogP contribution in [-0.4, -0.2) is 44.3 Å². The summed E-state index contributed by atoms with van der Waals surface area (Å²) in [7, 11) is 2.18. The number of rotatable bonds is 8. The Kier molecular flexibility index (Phi) is 6.33. The zero-order chi connectivity index (χ0) is 15.1. The van der Waals surface area contributed by atoms with Crippen LogP contribution in [0.15, 0.2) is 24.3 Å². The summed E-state index contributed by atoms with van der Waals surface area (Å²) >= 11 is 0. The summed E-state index contributed by atoms with van der Waals surface area (Å²) in [6.45, 7) is 5.02. The van der Waals surface area contributed by atoms with Crippen LogP contribution in [0.3, 0.4) is 0 Å². The quantitative estimate of drug-likeness (QED) is 0.800. The van der Waals surface area contributed by atoms with E-state index in [1.165, 1.54) is 19.3 Å². The van der Waals surface area contributed by atoms with Gasteiger partial charge in [0.1, 0.15) is 6.61 Å². The van der Waals surface area contributed by atoms with Crippen LogP contribution in [0.2, 0.25) is 0 Å². The van der Waals surface area contributed by atoms with Crippen molar-refractivity contribution in [2.75, 3.05) is 33.4 Å². The van der Waals surface area contributed by atoms with Gasteiger partial charge < -0.3 is 15.2 Å². The topological polar surface area (TPSA) is 47.7 Å². The van der Waals surface area contributed by atoms with Crippen LogP contribution in [0.25, 0.3) is 0 Å². The maximum atomic E-state index is 5.89. The number of nitrogens with two attached hydrogens (primary N) is 1. The van der Waals surface area contributed by atoms with Crippen molar-refractivity contribution in [2.45, 2.75) is 32.2 Å². The lowest BCUT2D eigenvalue weighted by molar-refractivity contribution is 0.162. The second-order valence-corrected chi connectivity index (χ2v) is 5.70. The molecule has 2 rings (SSSR count). The number of hydrogen-bond donors (Lipinski definition) is 1. The van der Waals surface area contributed by atoms with Gasteiger partial charge in [0.05, 0.1) is 6.61 Å². The standard InChI is InChI=1S/C17H28N2O2/c1-3-20-16-9-4-5-10-17(16)21-12-11-19(2)15-8-6-7-14(15)13-18/h4-5,9-10,14-15H,3,6-8,11-13,18H2,1-2H3. The molecular weight excluding hydrogens is 264 g/mol. The number of ether oxygens (including phenoxy) is 2. The van der Waals surface area contributed by atoms with E-state index < -0.39 is 0 Å². The fraction of sp³-hybridized carbons (Fsp3) is 0.647. The minimum absolute atomic E-state index is 0.612. The molecule has 1 aromatic rings. The minimum atomic E-state index is 0.612. The van der Waals surface area contributed by atoms with Gasteiger partial charge in [-0.1, -0.05) is 18.6 Å². The van der Waals surface area contributed by atoms with Crippen LogP contribution in [0.1, 0.15) is 26.2 Å². The monoisotopic (exact) mass is 292 g/mol. The number of nitrogens with zero attached hydrogens (tertiary/aromatic N) is 1. The first-order valence-corrected chi connectivity index (χ1v) is 8.01. The third kappa shape index (κ3) is 4.35.